The van der Waals surface area contributed by atoms with Crippen LogP contribution in [0.15, 0.2) is 0 Å². The monoisotopic (exact) mass is 191 g/mol. The average molecular weight is 191 g/mol. The van der Waals surface area contributed by atoms with Gasteiger partial charge in [0.05, 0.1) is 11.7 Å². The second kappa shape index (κ2) is 2.60. The highest BCUT2D eigenvalue weighted by Crippen LogP contribution is 2.42. The van der Waals surface area contributed by atoms with E-state index in [2.05, 4.69) is 31.0 Å². The molecule has 0 saturated carbocycles. The molecule has 76 valence electrons. The number of hydrogen-bond acceptors (Lipinski definition) is 2. The van der Waals surface area contributed by atoms with Crippen molar-refractivity contribution in [3.8, 4) is 0 Å². The van der Waals surface area contributed by atoms with E-state index in [1.165, 1.54) is 36.2 Å². The fourth-order valence-corrected chi connectivity index (χ4v) is 3.02. The summed E-state index contributed by atoms with van der Waals surface area (Å²) in [5, 5.41) is 4.66. The molecule has 3 rings (SSSR count). The summed E-state index contributed by atoms with van der Waals surface area (Å²) in [6.07, 6.45) is 3.85. The minimum absolute atomic E-state index is 0.601. The molecule has 2 aliphatic heterocycles. The SMILES string of the molecule is Cc1c2c(nn1C)[C@H]1CC[C@@H](C2)N1C. The third kappa shape index (κ3) is 0.883. The molecule has 1 saturated heterocycles. The van der Waals surface area contributed by atoms with Gasteiger partial charge < -0.3 is 0 Å². The lowest BCUT2D eigenvalue weighted by molar-refractivity contribution is 0.220. The Labute approximate surface area is 84.7 Å². The molecule has 2 bridgehead atoms. The van der Waals surface area contributed by atoms with Crippen molar-refractivity contribution in [2.45, 2.75) is 38.3 Å². The largest absolute Gasteiger partial charge is 0.294 e. The molecule has 3 heteroatoms. The Morgan fingerprint density at radius 1 is 1.29 bits per heavy atom. The van der Waals surface area contributed by atoms with Crippen LogP contribution in [0.25, 0.3) is 0 Å². The van der Waals surface area contributed by atoms with E-state index in [1.54, 1.807) is 0 Å². The van der Waals surface area contributed by atoms with Gasteiger partial charge in [0.1, 0.15) is 0 Å². The molecular formula is C11H17N3. The molecule has 1 aromatic rings. The van der Waals surface area contributed by atoms with Crippen molar-refractivity contribution in [3.05, 3.63) is 17.0 Å². The first kappa shape index (κ1) is 8.48. The van der Waals surface area contributed by atoms with E-state index in [0.717, 1.165) is 6.04 Å². The van der Waals surface area contributed by atoms with E-state index in [0.29, 0.717) is 6.04 Å². The highest BCUT2D eigenvalue weighted by molar-refractivity contribution is 5.33. The van der Waals surface area contributed by atoms with Gasteiger partial charge in [-0.15, -0.1) is 0 Å². The van der Waals surface area contributed by atoms with Gasteiger partial charge in [0.2, 0.25) is 0 Å². The molecule has 2 aliphatic rings. The number of aromatic nitrogens is 2. The Morgan fingerprint density at radius 2 is 2.07 bits per heavy atom. The van der Waals surface area contributed by atoms with Crippen LogP contribution in [-0.4, -0.2) is 27.8 Å². The lowest BCUT2D eigenvalue weighted by Crippen LogP contribution is -2.34. The van der Waals surface area contributed by atoms with Crippen molar-refractivity contribution in [2.75, 3.05) is 7.05 Å². The van der Waals surface area contributed by atoms with E-state index in [9.17, 15) is 0 Å². The van der Waals surface area contributed by atoms with E-state index in [4.69, 9.17) is 0 Å². The van der Waals surface area contributed by atoms with Gasteiger partial charge in [0, 0.05) is 18.8 Å². The highest BCUT2D eigenvalue weighted by Gasteiger charge is 2.40. The van der Waals surface area contributed by atoms with Crippen LogP contribution in [0.1, 0.15) is 35.8 Å². The van der Waals surface area contributed by atoms with Crippen LogP contribution in [-0.2, 0) is 13.5 Å². The molecule has 0 unspecified atom stereocenters. The molecule has 1 fully saturated rings. The molecule has 14 heavy (non-hydrogen) atoms. The van der Waals surface area contributed by atoms with Gasteiger partial charge >= 0.3 is 0 Å². The van der Waals surface area contributed by atoms with E-state index in [-0.39, 0.29) is 0 Å². The zero-order valence-electron chi connectivity index (χ0n) is 9.12. The molecule has 2 atom stereocenters. The highest BCUT2D eigenvalue weighted by atomic mass is 15.3. The van der Waals surface area contributed by atoms with Crippen LogP contribution in [0.5, 0.6) is 0 Å². The third-order valence-electron chi connectivity index (χ3n) is 4.09. The molecule has 0 aliphatic carbocycles. The zero-order chi connectivity index (χ0) is 9.87. The first-order chi connectivity index (χ1) is 6.68. The summed E-state index contributed by atoms with van der Waals surface area (Å²) in [5.41, 5.74) is 4.24. The smallest absolute Gasteiger partial charge is 0.0831 e. The minimum atomic E-state index is 0.601. The van der Waals surface area contributed by atoms with Crippen LogP contribution >= 0.6 is 0 Å². The normalized spacial score (nSPS) is 30.8. The molecule has 3 nitrogen and oxygen atoms in total. The second-order valence-electron chi connectivity index (χ2n) is 4.69. The summed E-state index contributed by atoms with van der Waals surface area (Å²) in [6, 6.07) is 1.37. The van der Waals surface area contributed by atoms with Crippen molar-refractivity contribution in [1.82, 2.24) is 14.7 Å². The zero-order valence-corrected chi connectivity index (χ0v) is 9.12. The third-order valence-corrected chi connectivity index (χ3v) is 4.09. The van der Waals surface area contributed by atoms with Gasteiger partial charge in [-0.05, 0) is 38.8 Å². The number of nitrogens with zero attached hydrogens (tertiary/aromatic N) is 3. The Bertz CT molecular complexity index is 380. The molecule has 3 heterocycles. The fraction of sp³-hybridized carbons (Fsp3) is 0.727. The fourth-order valence-electron chi connectivity index (χ4n) is 3.02. The van der Waals surface area contributed by atoms with Crippen LogP contribution in [0.3, 0.4) is 0 Å². The predicted octanol–water partition coefficient (Wildman–Crippen LogP) is 1.42. The van der Waals surface area contributed by atoms with E-state index in [1.807, 2.05) is 4.68 Å². The predicted molar refractivity (Wildman–Crippen MR) is 55.2 cm³/mol. The van der Waals surface area contributed by atoms with Crippen molar-refractivity contribution in [3.63, 3.8) is 0 Å². The summed E-state index contributed by atoms with van der Waals surface area (Å²) in [6.45, 7) is 2.19. The number of hydrogen-bond donors (Lipinski definition) is 0. The number of rotatable bonds is 0. The van der Waals surface area contributed by atoms with Gasteiger partial charge in [0.15, 0.2) is 0 Å². The first-order valence-electron chi connectivity index (χ1n) is 5.43. The van der Waals surface area contributed by atoms with Crippen LogP contribution in [0.2, 0.25) is 0 Å². The van der Waals surface area contributed by atoms with Gasteiger partial charge in [-0.25, -0.2) is 0 Å². The van der Waals surface area contributed by atoms with Gasteiger partial charge in [-0.1, -0.05) is 0 Å². The molecule has 0 amide bonds. The first-order valence-corrected chi connectivity index (χ1v) is 5.43. The Hall–Kier alpha value is -0.830. The van der Waals surface area contributed by atoms with Crippen LogP contribution in [0.4, 0.5) is 0 Å². The van der Waals surface area contributed by atoms with Gasteiger partial charge in [-0.3, -0.25) is 9.58 Å². The van der Waals surface area contributed by atoms with Gasteiger partial charge in [-0.2, -0.15) is 5.10 Å². The van der Waals surface area contributed by atoms with Crippen molar-refractivity contribution in [2.24, 2.45) is 7.05 Å². The molecule has 0 aromatic carbocycles. The summed E-state index contributed by atoms with van der Waals surface area (Å²) in [7, 11) is 4.30. The Kier molecular flexibility index (Phi) is 1.57. The summed E-state index contributed by atoms with van der Waals surface area (Å²) < 4.78 is 2.04. The molecule has 0 N–H and O–H groups in total. The van der Waals surface area contributed by atoms with Crippen LogP contribution < -0.4 is 0 Å². The lowest BCUT2D eigenvalue weighted by Gasteiger charge is -2.30. The van der Waals surface area contributed by atoms with Crippen LogP contribution in [0, 0.1) is 6.92 Å². The molecule has 0 radical (unpaired) electrons. The standard InChI is InChI=1S/C11H17N3/c1-7-9-6-8-4-5-10(13(8)2)11(9)12-14(7)3/h8,10H,4-6H2,1-3H3/t8-,10+/m0/s1. The summed E-state index contributed by atoms with van der Waals surface area (Å²) in [4.78, 5) is 2.51. The topological polar surface area (TPSA) is 21.1 Å². The van der Waals surface area contributed by atoms with Crippen molar-refractivity contribution < 1.29 is 0 Å². The second-order valence-corrected chi connectivity index (χ2v) is 4.69. The van der Waals surface area contributed by atoms with Gasteiger partial charge in [0.25, 0.3) is 0 Å². The van der Waals surface area contributed by atoms with Crippen molar-refractivity contribution in [1.29, 1.82) is 0 Å². The number of likely N-dealkylation sites (N-methyl/N-ethyl adjacent to an activating group) is 1. The molecule has 1 aromatic heterocycles. The Morgan fingerprint density at radius 3 is 2.86 bits per heavy atom. The van der Waals surface area contributed by atoms with E-state index < -0.39 is 0 Å². The minimum Gasteiger partial charge on any atom is -0.294 e. The molecule has 0 spiro atoms. The number of fused-ring (bicyclic) bond motifs is 4. The summed E-state index contributed by atoms with van der Waals surface area (Å²) >= 11 is 0. The maximum Gasteiger partial charge on any atom is 0.0831 e. The quantitative estimate of drug-likeness (QED) is 0.618. The van der Waals surface area contributed by atoms with E-state index >= 15 is 0 Å². The summed E-state index contributed by atoms with van der Waals surface area (Å²) in [5.74, 6) is 0. The lowest BCUT2D eigenvalue weighted by atomic mass is 9.99. The maximum atomic E-state index is 4.66. The average Bonchev–Trinajstić information content (AvgIpc) is 2.57. The molecular weight excluding hydrogens is 174 g/mol. The maximum absolute atomic E-state index is 4.66. The number of aryl methyl sites for hydroxylation is 1. The van der Waals surface area contributed by atoms with Crippen molar-refractivity contribution >= 4 is 0 Å². The Balaban J connectivity index is 2.15.